The summed E-state index contributed by atoms with van der Waals surface area (Å²) >= 11 is 0. The molecule has 0 spiro atoms. The molecule has 4 aromatic rings. The van der Waals surface area contributed by atoms with Crippen molar-refractivity contribution >= 4 is 29.9 Å². The van der Waals surface area contributed by atoms with Gasteiger partial charge in [0, 0.05) is 40.9 Å². The molecule has 164 valence electrons. The number of furan rings is 1. The van der Waals surface area contributed by atoms with E-state index in [4.69, 9.17) is 12.3 Å². The molecule has 0 aliphatic carbocycles. The van der Waals surface area contributed by atoms with Crippen LogP contribution < -0.4 is 4.57 Å². The second-order valence-corrected chi connectivity index (χ2v) is 9.83. The number of hydrogen-bond acceptors (Lipinski definition) is 2. The summed E-state index contributed by atoms with van der Waals surface area (Å²) < 4.78 is 8.87. The molecular weight excluding hydrogens is 391 g/mol. The van der Waals surface area contributed by atoms with Crippen LogP contribution in [0.15, 0.2) is 47.0 Å². The molecule has 4 heteroatoms. The van der Waals surface area contributed by atoms with Crippen molar-refractivity contribution in [3.05, 3.63) is 59.4 Å². The molecule has 3 aromatic heterocycles. The predicted octanol–water partition coefficient (Wildman–Crippen LogP) is 6.95. The van der Waals surface area contributed by atoms with E-state index >= 15 is 0 Å². The van der Waals surface area contributed by atoms with Crippen molar-refractivity contribution in [3.63, 3.8) is 0 Å². The molecule has 0 fully saturated rings. The molecule has 2 atom stereocenters. The second kappa shape index (κ2) is 8.39. The summed E-state index contributed by atoms with van der Waals surface area (Å²) in [5, 5.41) is 1.73. The van der Waals surface area contributed by atoms with Gasteiger partial charge in [0.05, 0.1) is 13.4 Å². The average molecular weight is 425 g/mol. The molecule has 4 rings (SSSR count). The highest BCUT2D eigenvalue weighted by Crippen LogP contribution is 2.38. The molecule has 3 nitrogen and oxygen atoms in total. The van der Waals surface area contributed by atoms with Crippen molar-refractivity contribution in [2.75, 3.05) is 0 Å². The van der Waals surface area contributed by atoms with Crippen LogP contribution in [0.1, 0.15) is 70.3 Å². The van der Waals surface area contributed by atoms with E-state index in [-0.39, 0.29) is 0 Å². The van der Waals surface area contributed by atoms with Gasteiger partial charge in [-0.1, -0.05) is 46.8 Å². The van der Waals surface area contributed by atoms with Gasteiger partial charge >= 0.3 is 0 Å². The zero-order chi connectivity index (χ0) is 23.2. The Labute approximate surface area is 193 Å². The van der Waals surface area contributed by atoms with Crippen LogP contribution in [0.25, 0.3) is 33.3 Å². The minimum absolute atomic E-state index is 0.393. The fourth-order valence-corrected chi connectivity index (χ4v) is 4.78. The molecule has 32 heavy (non-hydrogen) atoms. The van der Waals surface area contributed by atoms with Gasteiger partial charge in [0.25, 0.3) is 0 Å². The molecule has 0 saturated carbocycles. The largest absolute Gasteiger partial charge is 0.437 e. The van der Waals surface area contributed by atoms with Crippen molar-refractivity contribution < 1.29 is 8.98 Å². The SMILES string of the molecule is [B]C(C)(C)c1cc[n+](C(CC)C(C)CC)c(-c2c(C)ccc3c2oc2nc(C)ccc23)c1. The number of pyridine rings is 2. The van der Waals surface area contributed by atoms with Gasteiger partial charge in [-0.2, -0.15) is 4.57 Å². The minimum Gasteiger partial charge on any atom is -0.437 e. The van der Waals surface area contributed by atoms with Crippen molar-refractivity contribution in [1.29, 1.82) is 0 Å². The molecule has 3 heterocycles. The number of fused-ring (bicyclic) bond motifs is 3. The van der Waals surface area contributed by atoms with Crippen molar-refractivity contribution in [3.8, 4) is 11.3 Å². The number of benzene rings is 1. The molecule has 2 unspecified atom stereocenters. The summed E-state index contributed by atoms with van der Waals surface area (Å²) in [4.78, 5) is 4.66. The molecule has 0 saturated heterocycles. The molecular formula is C28H34BN2O+. The van der Waals surface area contributed by atoms with E-state index in [0.29, 0.717) is 17.7 Å². The van der Waals surface area contributed by atoms with E-state index in [1.54, 1.807) is 0 Å². The van der Waals surface area contributed by atoms with E-state index in [2.05, 4.69) is 87.6 Å². The monoisotopic (exact) mass is 425 g/mol. The smallest absolute Gasteiger partial charge is 0.227 e. The Morgan fingerprint density at radius 2 is 1.75 bits per heavy atom. The standard InChI is InChI=1S/C28H34BN2O/c1-8-17(3)23(9-2)31-15-14-20(28(6,7)29)16-24(31)25-18(4)10-12-21-22-13-11-19(5)30-27(22)32-26(21)25/h10-17,23H,8-9H2,1-7H3/q+1. The first-order valence-corrected chi connectivity index (χ1v) is 11.8. The highest BCUT2D eigenvalue weighted by Gasteiger charge is 2.31. The predicted molar refractivity (Wildman–Crippen MR) is 134 cm³/mol. The maximum absolute atomic E-state index is 6.53. The first kappa shape index (κ1) is 22.6. The first-order valence-electron chi connectivity index (χ1n) is 11.8. The maximum Gasteiger partial charge on any atom is 0.227 e. The quantitative estimate of drug-likeness (QED) is 0.247. The van der Waals surface area contributed by atoms with E-state index in [1.807, 2.05) is 13.0 Å². The normalized spacial score (nSPS) is 14.2. The zero-order valence-corrected chi connectivity index (χ0v) is 20.5. The number of rotatable bonds is 6. The third-order valence-corrected chi connectivity index (χ3v) is 6.92. The van der Waals surface area contributed by atoms with Crippen LogP contribution in [0.3, 0.4) is 0 Å². The molecule has 0 aliphatic rings. The van der Waals surface area contributed by atoms with Crippen LogP contribution >= 0.6 is 0 Å². The van der Waals surface area contributed by atoms with Gasteiger partial charge < -0.3 is 4.42 Å². The van der Waals surface area contributed by atoms with E-state index in [9.17, 15) is 0 Å². The Kier molecular flexibility index (Phi) is 5.92. The number of hydrogen-bond donors (Lipinski definition) is 0. The summed E-state index contributed by atoms with van der Waals surface area (Å²) in [7, 11) is 6.53. The zero-order valence-electron chi connectivity index (χ0n) is 20.5. The molecule has 0 aliphatic heterocycles. The van der Waals surface area contributed by atoms with Gasteiger partial charge in [-0.05, 0) is 48.8 Å². The van der Waals surface area contributed by atoms with Gasteiger partial charge in [-0.3, -0.25) is 0 Å². The Morgan fingerprint density at radius 1 is 1.03 bits per heavy atom. The third-order valence-electron chi connectivity index (χ3n) is 6.92. The molecule has 0 amide bonds. The number of aryl methyl sites for hydroxylation is 2. The Bertz CT molecular complexity index is 1280. The van der Waals surface area contributed by atoms with E-state index in [0.717, 1.165) is 51.7 Å². The topological polar surface area (TPSA) is 29.9 Å². The van der Waals surface area contributed by atoms with Crippen molar-refractivity contribution in [2.24, 2.45) is 5.92 Å². The van der Waals surface area contributed by atoms with Crippen LogP contribution in [-0.2, 0) is 5.31 Å². The van der Waals surface area contributed by atoms with Crippen LogP contribution in [-0.4, -0.2) is 12.8 Å². The molecule has 2 radical (unpaired) electrons. The number of nitrogens with zero attached hydrogens (tertiary/aromatic N) is 2. The number of aromatic nitrogens is 2. The lowest BCUT2D eigenvalue weighted by Crippen LogP contribution is -2.45. The van der Waals surface area contributed by atoms with Gasteiger partial charge in [-0.25, -0.2) is 4.98 Å². The van der Waals surface area contributed by atoms with E-state index in [1.165, 1.54) is 5.56 Å². The Morgan fingerprint density at radius 3 is 2.41 bits per heavy atom. The van der Waals surface area contributed by atoms with Crippen LogP contribution in [0.2, 0.25) is 0 Å². The maximum atomic E-state index is 6.53. The molecule has 0 N–H and O–H groups in total. The summed E-state index contributed by atoms with van der Waals surface area (Å²) in [5.41, 5.74) is 7.15. The summed E-state index contributed by atoms with van der Waals surface area (Å²) in [6.07, 6.45) is 4.42. The van der Waals surface area contributed by atoms with Crippen LogP contribution in [0.5, 0.6) is 0 Å². The highest BCUT2D eigenvalue weighted by atomic mass is 16.3. The van der Waals surface area contributed by atoms with Crippen molar-refractivity contribution in [1.82, 2.24) is 4.98 Å². The van der Waals surface area contributed by atoms with Gasteiger partial charge in [-0.15, -0.1) is 0 Å². The second-order valence-electron chi connectivity index (χ2n) is 9.83. The third kappa shape index (κ3) is 3.85. The fraction of sp³-hybridized carbons (Fsp3) is 0.429. The molecule has 0 bridgehead atoms. The fourth-order valence-electron chi connectivity index (χ4n) is 4.78. The Hall–Kier alpha value is -2.62. The highest BCUT2D eigenvalue weighted by molar-refractivity contribution is 6.15. The van der Waals surface area contributed by atoms with Crippen LogP contribution in [0.4, 0.5) is 0 Å². The lowest BCUT2D eigenvalue weighted by Gasteiger charge is -2.23. The van der Waals surface area contributed by atoms with Gasteiger partial charge in [0.1, 0.15) is 0 Å². The summed E-state index contributed by atoms with van der Waals surface area (Å²) in [5.74, 6) is 0.556. The van der Waals surface area contributed by atoms with Crippen molar-refractivity contribution in [2.45, 2.75) is 72.7 Å². The lowest BCUT2D eigenvalue weighted by atomic mass is 9.67. The lowest BCUT2D eigenvalue weighted by molar-refractivity contribution is -0.720. The molecule has 1 aromatic carbocycles. The van der Waals surface area contributed by atoms with Gasteiger partial charge in [0.2, 0.25) is 11.4 Å². The average Bonchev–Trinajstić information content (AvgIpc) is 3.10. The van der Waals surface area contributed by atoms with Gasteiger partial charge in [0.15, 0.2) is 17.8 Å². The minimum atomic E-state index is -0.430. The summed E-state index contributed by atoms with van der Waals surface area (Å²) in [6.45, 7) is 15.2. The Balaban J connectivity index is 2.09. The van der Waals surface area contributed by atoms with E-state index < -0.39 is 5.31 Å². The summed E-state index contributed by atoms with van der Waals surface area (Å²) in [6, 6.07) is 13.3. The first-order chi connectivity index (χ1) is 15.2. The van der Waals surface area contributed by atoms with Crippen LogP contribution in [0, 0.1) is 19.8 Å².